The first-order valence-corrected chi connectivity index (χ1v) is 7.30. The van der Waals surface area contributed by atoms with Gasteiger partial charge in [0.05, 0.1) is 25.7 Å². The van der Waals surface area contributed by atoms with Crippen molar-refractivity contribution in [3.63, 3.8) is 0 Å². The summed E-state index contributed by atoms with van der Waals surface area (Å²) in [5, 5.41) is 0. The van der Waals surface area contributed by atoms with E-state index in [1.807, 2.05) is 4.90 Å². The van der Waals surface area contributed by atoms with E-state index in [0.29, 0.717) is 26.2 Å². The molecule has 0 spiro atoms. The van der Waals surface area contributed by atoms with Crippen LogP contribution in [0.15, 0.2) is 0 Å². The van der Waals surface area contributed by atoms with Gasteiger partial charge in [-0.05, 0) is 31.2 Å². The molecule has 2 fully saturated rings. The number of ether oxygens (including phenoxy) is 2. The molecule has 6 heteroatoms. The normalized spacial score (nSPS) is 29.5. The standard InChI is InChI=1S/C14H26N2O3.ClH/c1-14(10-15)5-6-16(11-14)13(17)4-8-18-9-12-3-2-7-19-12;/h12H,2-11,15H2,1H3;1H. The monoisotopic (exact) mass is 306 g/mol. The first-order valence-electron chi connectivity index (χ1n) is 7.30. The lowest BCUT2D eigenvalue weighted by Gasteiger charge is -2.22. The van der Waals surface area contributed by atoms with Crippen molar-refractivity contribution in [2.75, 3.05) is 39.5 Å². The van der Waals surface area contributed by atoms with Crippen LogP contribution in [0, 0.1) is 5.41 Å². The van der Waals surface area contributed by atoms with Gasteiger partial charge in [0.1, 0.15) is 0 Å². The van der Waals surface area contributed by atoms with E-state index in [-0.39, 0.29) is 29.8 Å². The van der Waals surface area contributed by atoms with Crippen molar-refractivity contribution >= 4 is 18.3 Å². The van der Waals surface area contributed by atoms with Crippen molar-refractivity contribution in [2.45, 2.75) is 38.7 Å². The van der Waals surface area contributed by atoms with Crippen LogP contribution >= 0.6 is 12.4 Å². The van der Waals surface area contributed by atoms with Crippen LogP contribution in [0.1, 0.15) is 32.6 Å². The van der Waals surface area contributed by atoms with E-state index in [1.54, 1.807) is 0 Å². The molecule has 2 aliphatic heterocycles. The maximum absolute atomic E-state index is 12.0. The number of carbonyl (C=O) groups excluding carboxylic acids is 1. The van der Waals surface area contributed by atoms with Crippen molar-refractivity contribution in [1.82, 2.24) is 4.90 Å². The molecule has 2 heterocycles. The van der Waals surface area contributed by atoms with Crippen molar-refractivity contribution in [3.8, 4) is 0 Å². The number of halogens is 1. The molecule has 0 aromatic heterocycles. The van der Waals surface area contributed by atoms with Gasteiger partial charge in [-0.1, -0.05) is 6.92 Å². The highest BCUT2D eigenvalue weighted by Crippen LogP contribution is 2.28. The third-order valence-electron chi connectivity index (χ3n) is 4.19. The van der Waals surface area contributed by atoms with E-state index < -0.39 is 0 Å². The molecule has 5 nitrogen and oxygen atoms in total. The van der Waals surface area contributed by atoms with Crippen LogP contribution in [-0.2, 0) is 14.3 Å². The number of amides is 1. The molecule has 0 aromatic rings. The predicted molar refractivity (Wildman–Crippen MR) is 80.0 cm³/mol. The minimum absolute atomic E-state index is 0. The number of hydrogen-bond acceptors (Lipinski definition) is 4. The Bertz CT molecular complexity index is 311. The Balaban J connectivity index is 0.00000200. The van der Waals surface area contributed by atoms with E-state index in [4.69, 9.17) is 15.2 Å². The Hall–Kier alpha value is -0.360. The SMILES string of the molecule is CC1(CN)CCN(C(=O)CCOCC2CCCO2)C1.Cl. The first kappa shape index (κ1) is 17.7. The lowest BCUT2D eigenvalue weighted by molar-refractivity contribution is -0.131. The number of hydrogen-bond donors (Lipinski definition) is 1. The third kappa shape index (κ3) is 4.88. The molecule has 2 N–H and O–H groups in total. The summed E-state index contributed by atoms with van der Waals surface area (Å²) in [6.07, 6.45) is 3.91. The maximum Gasteiger partial charge on any atom is 0.224 e. The van der Waals surface area contributed by atoms with E-state index in [2.05, 4.69) is 6.92 Å². The van der Waals surface area contributed by atoms with Crippen LogP contribution in [0.3, 0.4) is 0 Å². The zero-order valence-electron chi connectivity index (χ0n) is 12.3. The second-order valence-electron chi connectivity index (χ2n) is 6.04. The van der Waals surface area contributed by atoms with Gasteiger partial charge in [-0.2, -0.15) is 0 Å². The first-order chi connectivity index (χ1) is 9.13. The molecular formula is C14H27ClN2O3. The maximum atomic E-state index is 12.0. The Morgan fingerprint density at radius 3 is 2.95 bits per heavy atom. The summed E-state index contributed by atoms with van der Waals surface area (Å²) in [7, 11) is 0. The quantitative estimate of drug-likeness (QED) is 0.749. The van der Waals surface area contributed by atoms with Crippen LogP contribution in [0.4, 0.5) is 0 Å². The zero-order valence-corrected chi connectivity index (χ0v) is 13.1. The summed E-state index contributed by atoms with van der Waals surface area (Å²) in [5.74, 6) is 0.185. The molecule has 2 atom stereocenters. The second kappa shape index (κ2) is 8.17. The lowest BCUT2D eigenvalue weighted by atomic mass is 9.90. The van der Waals surface area contributed by atoms with E-state index >= 15 is 0 Å². The summed E-state index contributed by atoms with van der Waals surface area (Å²) >= 11 is 0. The average molecular weight is 307 g/mol. The van der Waals surface area contributed by atoms with Crippen molar-refractivity contribution in [1.29, 1.82) is 0 Å². The molecule has 2 unspecified atom stereocenters. The van der Waals surface area contributed by atoms with Gasteiger partial charge in [0.25, 0.3) is 0 Å². The minimum Gasteiger partial charge on any atom is -0.378 e. The van der Waals surface area contributed by atoms with Crippen LogP contribution in [0.5, 0.6) is 0 Å². The smallest absolute Gasteiger partial charge is 0.224 e. The van der Waals surface area contributed by atoms with Gasteiger partial charge >= 0.3 is 0 Å². The molecule has 1 amide bonds. The lowest BCUT2D eigenvalue weighted by Crippen LogP contribution is -2.35. The number of carbonyl (C=O) groups is 1. The molecule has 0 saturated carbocycles. The summed E-state index contributed by atoms with van der Waals surface area (Å²) in [4.78, 5) is 13.9. The molecule has 0 radical (unpaired) electrons. The Morgan fingerprint density at radius 2 is 2.35 bits per heavy atom. The Labute approximate surface area is 127 Å². The summed E-state index contributed by atoms with van der Waals surface area (Å²) in [6, 6.07) is 0. The predicted octanol–water partition coefficient (Wildman–Crippen LogP) is 1.19. The Kier molecular flexibility index (Phi) is 7.23. The largest absolute Gasteiger partial charge is 0.378 e. The van der Waals surface area contributed by atoms with Crippen molar-refractivity contribution in [2.24, 2.45) is 11.1 Å². The third-order valence-corrected chi connectivity index (χ3v) is 4.19. The second-order valence-corrected chi connectivity index (χ2v) is 6.04. The topological polar surface area (TPSA) is 64.8 Å². The van der Waals surface area contributed by atoms with Crippen molar-refractivity contribution in [3.05, 3.63) is 0 Å². The van der Waals surface area contributed by atoms with Crippen molar-refractivity contribution < 1.29 is 14.3 Å². The van der Waals surface area contributed by atoms with Crippen LogP contribution in [-0.4, -0.2) is 56.4 Å². The van der Waals surface area contributed by atoms with Gasteiger partial charge in [-0.3, -0.25) is 4.79 Å². The van der Waals surface area contributed by atoms with Gasteiger partial charge in [-0.25, -0.2) is 0 Å². The molecule has 20 heavy (non-hydrogen) atoms. The van der Waals surface area contributed by atoms with Gasteiger partial charge in [0, 0.05) is 19.7 Å². The minimum atomic E-state index is 0. The highest BCUT2D eigenvalue weighted by Gasteiger charge is 2.34. The summed E-state index contributed by atoms with van der Waals surface area (Å²) in [6.45, 7) is 6.37. The van der Waals surface area contributed by atoms with Crippen LogP contribution < -0.4 is 5.73 Å². The zero-order chi connectivity index (χ0) is 13.7. The van der Waals surface area contributed by atoms with Gasteiger partial charge < -0.3 is 20.1 Å². The molecule has 2 rings (SSSR count). The fraction of sp³-hybridized carbons (Fsp3) is 0.929. The molecule has 0 aromatic carbocycles. The fourth-order valence-electron chi connectivity index (χ4n) is 2.71. The number of rotatable bonds is 6. The molecule has 0 bridgehead atoms. The van der Waals surface area contributed by atoms with E-state index in [0.717, 1.165) is 39.0 Å². The molecule has 2 aliphatic rings. The molecule has 118 valence electrons. The number of nitrogens with two attached hydrogens (primary N) is 1. The van der Waals surface area contributed by atoms with Gasteiger partial charge in [0.15, 0.2) is 0 Å². The van der Waals surface area contributed by atoms with Gasteiger partial charge in [-0.15, -0.1) is 12.4 Å². The van der Waals surface area contributed by atoms with E-state index in [9.17, 15) is 4.79 Å². The summed E-state index contributed by atoms with van der Waals surface area (Å²) < 4.78 is 11.0. The summed E-state index contributed by atoms with van der Waals surface area (Å²) in [5.41, 5.74) is 5.85. The number of nitrogens with zero attached hydrogens (tertiary/aromatic N) is 1. The van der Waals surface area contributed by atoms with Gasteiger partial charge in [0.2, 0.25) is 5.91 Å². The highest BCUT2D eigenvalue weighted by molar-refractivity contribution is 5.85. The Morgan fingerprint density at radius 1 is 1.55 bits per heavy atom. The number of likely N-dealkylation sites (tertiary alicyclic amines) is 1. The molecule has 0 aliphatic carbocycles. The van der Waals surface area contributed by atoms with E-state index in [1.165, 1.54) is 0 Å². The fourth-order valence-corrected chi connectivity index (χ4v) is 2.71. The molecular weight excluding hydrogens is 280 g/mol. The average Bonchev–Trinajstić information content (AvgIpc) is 3.04. The van der Waals surface area contributed by atoms with Crippen LogP contribution in [0.2, 0.25) is 0 Å². The van der Waals surface area contributed by atoms with Crippen LogP contribution in [0.25, 0.3) is 0 Å². The highest BCUT2D eigenvalue weighted by atomic mass is 35.5. The molecule has 2 saturated heterocycles.